The Balaban J connectivity index is 2.66. The molecular formula is C11H14F3NO. The van der Waals surface area contributed by atoms with Crippen molar-refractivity contribution < 1.29 is 17.9 Å². The summed E-state index contributed by atoms with van der Waals surface area (Å²) in [6.07, 6.45) is -5.23. The molecule has 1 rings (SSSR count). The van der Waals surface area contributed by atoms with E-state index >= 15 is 0 Å². The lowest BCUT2D eigenvalue weighted by atomic mass is 10.0. The minimum Gasteiger partial charge on any atom is -0.380 e. The van der Waals surface area contributed by atoms with Crippen molar-refractivity contribution in [2.24, 2.45) is 5.73 Å². The van der Waals surface area contributed by atoms with Gasteiger partial charge < -0.3 is 10.5 Å². The molecule has 0 aliphatic rings. The number of alkyl halides is 3. The molecule has 5 heteroatoms. The normalized spacial score (nSPS) is 13.8. The zero-order valence-corrected chi connectivity index (χ0v) is 8.92. The minimum absolute atomic E-state index is 0.439. The zero-order valence-electron chi connectivity index (χ0n) is 8.92. The van der Waals surface area contributed by atoms with E-state index in [0.29, 0.717) is 12.2 Å². The number of halogens is 3. The molecule has 2 N–H and O–H groups in total. The highest BCUT2D eigenvalue weighted by Crippen LogP contribution is 2.27. The molecule has 0 heterocycles. The van der Waals surface area contributed by atoms with Gasteiger partial charge in [-0.25, -0.2) is 0 Å². The van der Waals surface area contributed by atoms with Crippen LogP contribution in [0, 0.1) is 0 Å². The molecule has 0 aliphatic carbocycles. The molecule has 0 fully saturated rings. The van der Waals surface area contributed by atoms with Crippen LogP contribution in [0.2, 0.25) is 0 Å². The quantitative estimate of drug-likeness (QED) is 0.867. The van der Waals surface area contributed by atoms with Gasteiger partial charge in [0.2, 0.25) is 0 Å². The molecule has 1 aromatic rings. The monoisotopic (exact) mass is 233 g/mol. The number of benzene rings is 1. The van der Waals surface area contributed by atoms with Crippen LogP contribution < -0.4 is 5.73 Å². The van der Waals surface area contributed by atoms with Crippen LogP contribution in [-0.2, 0) is 11.3 Å². The van der Waals surface area contributed by atoms with E-state index in [1.54, 1.807) is 31.4 Å². The number of rotatable bonds is 4. The van der Waals surface area contributed by atoms with Gasteiger partial charge in [-0.05, 0) is 11.1 Å². The fourth-order valence-corrected chi connectivity index (χ4v) is 1.39. The summed E-state index contributed by atoms with van der Waals surface area (Å²) >= 11 is 0. The average Bonchev–Trinajstić information content (AvgIpc) is 2.16. The largest absolute Gasteiger partial charge is 0.390 e. The van der Waals surface area contributed by atoms with Crippen molar-refractivity contribution in [1.82, 2.24) is 0 Å². The molecule has 0 aromatic heterocycles. The van der Waals surface area contributed by atoms with Crippen LogP contribution in [0.4, 0.5) is 13.2 Å². The fraction of sp³-hybridized carbons (Fsp3) is 0.455. The van der Waals surface area contributed by atoms with Crippen molar-refractivity contribution in [3.63, 3.8) is 0 Å². The highest BCUT2D eigenvalue weighted by molar-refractivity contribution is 5.24. The summed E-state index contributed by atoms with van der Waals surface area (Å²) in [4.78, 5) is 0. The Labute approximate surface area is 92.2 Å². The van der Waals surface area contributed by atoms with Crippen LogP contribution >= 0.6 is 0 Å². The molecule has 0 unspecified atom stereocenters. The zero-order chi connectivity index (χ0) is 12.2. The van der Waals surface area contributed by atoms with Gasteiger partial charge >= 0.3 is 6.18 Å². The second kappa shape index (κ2) is 5.32. The van der Waals surface area contributed by atoms with Gasteiger partial charge in [-0.15, -0.1) is 0 Å². The molecule has 0 amide bonds. The van der Waals surface area contributed by atoms with Gasteiger partial charge in [0.05, 0.1) is 13.0 Å². The Hall–Kier alpha value is -1.07. The third-order valence-electron chi connectivity index (χ3n) is 2.17. The van der Waals surface area contributed by atoms with E-state index in [0.717, 1.165) is 5.56 Å². The number of nitrogens with two attached hydrogens (primary N) is 1. The summed E-state index contributed by atoms with van der Waals surface area (Å²) in [5.41, 5.74) is 6.85. The van der Waals surface area contributed by atoms with Gasteiger partial charge in [0.15, 0.2) is 0 Å². The third-order valence-corrected chi connectivity index (χ3v) is 2.17. The lowest BCUT2D eigenvalue weighted by Gasteiger charge is -2.14. The van der Waals surface area contributed by atoms with Gasteiger partial charge in [0.25, 0.3) is 0 Å². The Morgan fingerprint density at radius 1 is 1.25 bits per heavy atom. The highest BCUT2D eigenvalue weighted by atomic mass is 19.4. The smallest absolute Gasteiger partial charge is 0.380 e. The summed E-state index contributed by atoms with van der Waals surface area (Å²) < 4.78 is 41.2. The summed E-state index contributed by atoms with van der Waals surface area (Å²) in [5, 5.41) is 0. The van der Waals surface area contributed by atoms with E-state index in [2.05, 4.69) is 0 Å². The van der Waals surface area contributed by atoms with Crippen molar-refractivity contribution in [1.29, 1.82) is 0 Å². The standard InChI is InChI=1S/C11H14F3NO/c1-16-7-8-2-4-9(5-3-8)10(15)6-11(12,13)14/h2-5,10H,6-7,15H2,1H3/t10-/m1/s1. The van der Waals surface area contributed by atoms with Gasteiger partial charge in [-0.3, -0.25) is 0 Å². The summed E-state index contributed by atoms with van der Waals surface area (Å²) in [5.74, 6) is 0. The Morgan fingerprint density at radius 3 is 2.25 bits per heavy atom. The Morgan fingerprint density at radius 2 is 1.81 bits per heavy atom. The molecule has 0 bridgehead atoms. The Kier molecular flexibility index (Phi) is 4.32. The molecule has 16 heavy (non-hydrogen) atoms. The first-order valence-corrected chi connectivity index (χ1v) is 4.82. The Bertz CT molecular complexity index is 321. The maximum Gasteiger partial charge on any atom is 0.390 e. The second-order valence-electron chi connectivity index (χ2n) is 3.60. The number of methoxy groups -OCH3 is 1. The molecule has 1 atom stereocenters. The molecule has 0 radical (unpaired) electrons. The lowest BCUT2D eigenvalue weighted by molar-refractivity contribution is -0.138. The molecule has 90 valence electrons. The van der Waals surface area contributed by atoms with Crippen LogP contribution in [-0.4, -0.2) is 13.3 Å². The van der Waals surface area contributed by atoms with Crippen molar-refractivity contribution in [3.8, 4) is 0 Å². The lowest BCUT2D eigenvalue weighted by Crippen LogP contribution is -2.20. The minimum atomic E-state index is -4.23. The van der Waals surface area contributed by atoms with Gasteiger partial charge in [0.1, 0.15) is 0 Å². The average molecular weight is 233 g/mol. The molecule has 0 saturated heterocycles. The van der Waals surface area contributed by atoms with Gasteiger partial charge in [-0.2, -0.15) is 13.2 Å². The number of ether oxygens (including phenoxy) is 1. The topological polar surface area (TPSA) is 35.2 Å². The molecular weight excluding hydrogens is 219 g/mol. The van der Waals surface area contributed by atoms with E-state index < -0.39 is 18.6 Å². The molecule has 2 nitrogen and oxygen atoms in total. The van der Waals surface area contributed by atoms with E-state index in [9.17, 15) is 13.2 Å². The first-order valence-electron chi connectivity index (χ1n) is 4.82. The molecule has 0 saturated carbocycles. The summed E-state index contributed by atoms with van der Waals surface area (Å²) in [6.45, 7) is 0.439. The van der Waals surface area contributed by atoms with Crippen molar-refractivity contribution in [2.45, 2.75) is 25.2 Å². The van der Waals surface area contributed by atoms with Crippen LogP contribution in [0.1, 0.15) is 23.6 Å². The van der Waals surface area contributed by atoms with Gasteiger partial charge in [0, 0.05) is 13.2 Å². The summed E-state index contributed by atoms with van der Waals surface area (Å²) in [6, 6.07) is 5.64. The van der Waals surface area contributed by atoms with E-state index in [1.165, 1.54) is 0 Å². The van der Waals surface area contributed by atoms with E-state index in [1.807, 2.05) is 0 Å². The molecule has 0 aliphatic heterocycles. The molecule has 1 aromatic carbocycles. The summed E-state index contributed by atoms with van der Waals surface area (Å²) in [7, 11) is 1.56. The van der Waals surface area contributed by atoms with Crippen molar-refractivity contribution >= 4 is 0 Å². The van der Waals surface area contributed by atoms with Gasteiger partial charge in [-0.1, -0.05) is 24.3 Å². The van der Waals surface area contributed by atoms with E-state index in [4.69, 9.17) is 10.5 Å². The van der Waals surface area contributed by atoms with Crippen LogP contribution in [0.5, 0.6) is 0 Å². The maximum absolute atomic E-state index is 12.1. The SMILES string of the molecule is COCc1ccc([C@H](N)CC(F)(F)F)cc1. The van der Waals surface area contributed by atoms with Crippen molar-refractivity contribution in [3.05, 3.63) is 35.4 Å². The molecule has 0 spiro atoms. The fourth-order valence-electron chi connectivity index (χ4n) is 1.39. The van der Waals surface area contributed by atoms with Crippen LogP contribution in [0.3, 0.4) is 0 Å². The number of hydrogen-bond donors (Lipinski definition) is 1. The second-order valence-corrected chi connectivity index (χ2v) is 3.60. The number of hydrogen-bond acceptors (Lipinski definition) is 2. The maximum atomic E-state index is 12.1. The predicted octanol–water partition coefficient (Wildman–Crippen LogP) is 2.79. The first-order chi connectivity index (χ1) is 7.42. The van der Waals surface area contributed by atoms with E-state index in [-0.39, 0.29) is 0 Å². The van der Waals surface area contributed by atoms with Crippen molar-refractivity contribution in [2.75, 3.05) is 7.11 Å². The van der Waals surface area contributed by atoms with Crippen LogP contribution in [0.15, 0.2) is 24.3 Å². The predicted molar refractivity (Wildman–Crippen MR) is 54.8 cm³/mol. The van der Waals surface area contributed by atoms with Crippen LogP contribution in [0.25, 0.3) is 0 Å². The highest BCUT2D eigenvalue weighted by Gasteiger charge is 2.30. The first kappa shape index (κ1) is 13.0. The third kappa shape index (κ3) is 4.20.